The van der Waals surface area contributed by atoms with E-state index in [4.69, 9.17) is 38.4 Å². The maximum absolute atomic E-state index is 10.1. The minimum Gasteiger partial charge on any atom is -0.493 e. The largest absolute Gasteiger partial charge is 0.493 e. The molecule has 1 aliphatic rings. The van der Waals surface area contributed by atoms with E-state index in [0.29, 0.717) is 22.4 Å². The number of hydrogen-bond acceptors (Lipinski definition) is 4. The van der Waals surface area contributed by atoms with Crippen LogP contribution < -0.4 is 20.5 Å². The molecule has 0 spiro atoms. The van der Waals surface area contributed by atoms with Gasteiger partial charge >= 0.3 is 0 Å². The lowest BCUT2D eigenvalue weighted by molar-refractivity contribution is 0.114. The molecule has 4 N–H and O–H groups in total. The molecule has 152 valence electrons. The Hall–Kier alpha value is -1.42. The second-order valence-corrected chi connectivity index (χ2v) is 6.90. The van der Waals surface area contributed by atoms with Gasteiger partial charge in [-0.2, -0.15) is 0 Å². The first kappa shape index (κ1) is 22.9. The van der Waals surface area contributed by atoms with Gasteiger partial charge in [0.05, 0.1) is 24.2 Å². The molecule has 0 amide bonds. The molecule has 2 atom stereocenters. The number of para-hydroxylation sites is 1. The number of nitrogens with zero attached hydrogens (tertiary/aromatic N) is 1. The summed E-state index contributed by atoms with van der Waals surface area (Å²) in [6, 6.07) is 12.9. The first-order chi connectivity index (χ1) is 13.0. The second kappa shape index (κ2) is 10.9. The second-order valence-electron chi connectivity index (χ2n) is 6.11. The van der Waals surface area contributed by atoms with Crippen LogP contribution in [0.2, 0.25) is 10.0 Å². The van der Waals surface area contributed by atoms with E-state index in [0.717, 1.165) is 17.7 Å². The zero-order valence-corrected chi connectivity index (χ0v) is 18.8. The van der Waals surface area contributed by atoms with Gasteiger partial charge in [-0.3, -0.25) is 4.99 Å². The van der Waals surface area contributed by atoms with Crippen LogP contribution in [0.5, 0.6) is 11.5 Å². The van der Waals surface area contributed by atoms with Crippen LogP contribution in [0.3, 0.4) is 0 Å². The number of nitrogens with two attached hydrogens (primary N) is 1. The molecule has 0 saturated carbocycles. The van der Waals surface area contributed by atoms with Crippen molar-refractivity contribution >= 4 is 53.1 Å². The van der Waals surface area contributed by atoms with E-state index in [-0.39, 0.29) is 49.1 Å². The van der Waals surface area contributed by atoms with Gasteiger partial charge in [0.1, 0.15) is 29.2 Å². The fourth-order valence-electron chi connectivity index (χ4n) is 2.75. The van der Waals surface area contributed by atoms with Crippen molar-refractivity contribution in [1.82, 2.24) is 5.32 Å². The monoisotopic (exact) mass is 537 g/mol. The maximum atomic E-state index is 10.1. The highest BCUT2D eigenvalue weighted by Crippen LogP contribution is 2.32. The van der Waals surface area contributed by atoms with E-state index >= 15 is 0 Å². The van der Waals surface area contributed by atoms with E-state index in [1.807, 2.05) is 24.3 Å². The zero-order chi connectivity index (χ0) is 19.2. The Labute approximate surface area is 191 Å². The Balaban J connectivity index is 0.00000280. The molecule has 28 heavy (non-hydrogen) atoms. The molecule has 2 aromatic rings. The van der Waals surface area contributed by atoms with Gasteiger partial charge in [0.2, 0.25) is 0 Å². The lowest BCUT2D eigenvalue weighted by Gasteiger charge is -2.27. The summed E-state index contributed by atoms with van der Waals surface area (Å²) in [4.78, 5) is 4.20. The van der Waals surface area contributed by atoms with Gasteiger partial charge < -0.3 is 25.6 Å². The molecule has 2 unspecified atom stereocenters. The first-order valence-corrected chi connectivity index (χ1v) is 9.33. The van der Waals surface area contributed by atoms with E-state index in [1.54, 1.807) is 18.2 Å². The van der Waals surface area contributed by atoms with E-state index < -0.39 is 6.10 Å². The number of fused-ring (bicyclic) bond motifs is 1. The number of halogens is 3. The van der Waals surface area contributed by atoms with Crippen molar-refractivity contribution in [1.29, 1.82) is 0 Å². The Morgan fingerprint density at radius 3 is 2.89 bits per heavy atom. The smallest absolute Gasteiger partial charge is 0.189 e. The summed E-state index contributed by atoms with van der Waals surface area (Å²) in [5.41, 5.74) is 7.01. The van der Waals surface area contributed by atoms with Crippen LogP contribution in [-0.2, 0) is 0 Å². The molecule has 6 nitrogen and oxygen atoms in total. The lowest BCUT2D eigenvalue weighted by atomic mass is 10.0. The van der Waals surface area contributed by atoms with Gasteiger partial charge in [0.25, 0.3) is 0 Å². The summed E-state index contributed by atoms with van der Waals surface area (Å²) in [6.07, 6.45) is -0.0472. The highest BCUT2D eigenvalue weighted by atomic mass is 127. The van der Waals surface area contributed by atoms with Crippen LogP contribution in [0.4, 0.5) is 0 Å². The molecule has 1 aliphatic heterocycles. The summed E-state index contributed by atoms with van der Waals surface area (Å²) in [5.74, 6) is 1.52. The summed E-state index contributed by atoms with van der Waals surface area (Å²) < 4.78 is 11.1. The topological polar surface area (TPSA) is 89.1 Å². The van der Waals surface area contributed by atoms with Gasteiger partial charge in [-0.25, -0.2) is 0 Å². The normalized spacial score (nSPS) is 17.0. The highest BCUT2D eigenvalue weighted by molar-refractivity contribution is 14.0. The number of aliphatic hydroxyl groups is 1. The first-order valence-electron chi connectivity index (χ1n) is 8.57. The SMILES string of the molecule is I.NC(=NCC(O)COc1cccc(Cl)c1Cl)NC1CCOc2ccccc21. The molecule has 0 aliphatic carbocycles. The van der Waals surface area contributed by atoms with Crippen LogP contribution in [0.15, 0.2) is 47.5 Å². The van der Waals surface area contributed by atoms with Crippen LogP contribution >= 0.6 is 47.2 Å². The third-order valence-electron chi connectivity index (χ3n) is 4.10. The quantitative estimate of drug-likeness (QED) is 0.296. The summed E-state index contributed by atoms with van der Waals surface area (Å²) >= 11 is 12.0. The number of ether oxygens (including phenoxy) is 2. The molecule has 0 saturated heterocycles. The standard InChI is InChI=1S/C19H21Cl2N3O3.HI/c20-14-5-3-7-17(18(14)21)27-11-12(25)10-23-19(22)24-15-8-9-26-16-6-2-1-4-13(15)16;/h1-7,12,15,25H,8-11H2,(H3,22,23,24);1H. The van der Waals surface area contributed by atoms with Gasteiger partial charge in [-0.1, -0.05) is 47.5 Å². The number of aliphatic imine (C=N–C) groups is 1. The molecular weight excluding hydrogens is 516 g/mol. The number of guanidine groups is 1. The average Bonchev–Trinajstić information content (AvgIpc) is 2.68. The molecule has 0 bridgehead atoms. The minimum absolute atomic E-state index is 0. The highest BCUT2D eigenvalue weighted by Gasteiger charge is 2.21. The molecular formula is C19H22Cl2IN3O3. The maximum Gasteiger partial charge on any atom is 0.189 e. The van der Waals surface area contributed by atoms with Gasteiger partial charge in [0.15, 0.2) is 5.96 Å². The van der Waals surface area contributed by atoms with Crippen molar-refractivity contribution in [2.45, 2.75) is 18.6 Å². The Kier molecular flexibility index (Phi) is 8.94. The fraction of sp³-hybridized carbons (Fsp3) is 0.316. The molecule has 1 heterocycles. The molecule has 0 radical (unpaired) electrons. The van der Waals surface area contributed by atoms with E-state index in [1.165, 1.54) is 0 Å². The summed E-state index contributed by atoms with van der Waals surface area (Å²) in [5, 5.41) is 14.0. The number of aliphatic hydroxyl groups excluding tert-OH is 1. The van der Waals surface area contributed by atoms with Gasteiger partial charge in [-0.05, 0) is 18.2 Å². The molecule has 0 fully saturated rings. The average molecular weight is 538 g/mol. The van der Waals surface area contributed by atoms with Crippen LogP contribution in [0.25, 0.3) is 0 Å². The minimum atomic E-state index is -0.831. The van der Waals surface area contributed by atoms with Crippen molar-refractivity contribution in [2.24, 2.45) is 10.7 Å². The third kappa shape index (κ3) is 6.04. The fourth-order valence-corrected chi connectivity index (χ4v) is 3.10. The summed E-state index contributed by atoms with van der Waals surface area (Å²) in [6.45, 7) is 0.734. The van der Waals surface area contributed by atoms with Crippen molar-refractivity contribution in [3.05, 3.63) is 58.1 Å². The molecule has 0 aromatic heterocycles. The Bertz CT molecular complexity index is 823. The predicted molar refractivity (Wildman–Crippen MR) is 122 cm³/mol. The van der Waals surface area contributed by atoms with Crippen LogP contribution in [0, 0.1) is 0 Å². The molecule has 3 rings (SSSR count). The number of nitrogens with one attached hydrogen (secondary N) is 1. The Morgan fingerprint density at radius 1 is 1.29 bits per heavy atom. The van der Waals surface area contributed by atoms with Crippen LogP contribution in [-0.4, -0.2) is 36.9 Å². The summed E-state index contributed by atoms with van der Waals surface area (Å²) in [7, 11) is 0. The number of rotatable bonds is 6. The number of hydrogen-bond donors (Lipinski definition) is 3. The zero-order valence-electron chi connectivity index (χ0n) is 15.0. The van der Waals surface area contributed by atoms with Crippen molar-refractivity contribution < 1.29 is 14.6 Å². The lowest BCUT2D eigenvalue weighted by Crippen LogP contribution is -2.38. The van der Waals surface area contributed by atoms with Gasteiger partial charge in [-0.15, -0.1) is 24.0 Å². The van der Waals surface area contributed by atoms with Crippen molar-refractivity contribution in [2.75, 3.05) is 19.8 Å². The Morgan fingerprint density at radius 2 is 2.07 bits per heavy atom. The van der Waals surface area contributed by atoms with Crippen LogP contribution in [0.1, 0.15) is 18.0 Å². The van der Waals surface area contributed by atoms with Crippen molar-refractivity contribution in [3.63, 3.8) is 0 Å². The molecule has 9 heteroatoms. The number of benzene rings is 2. The predicted octanol–water partition coefficient (Wildman–Crippen LogP) is 3.78. The van der Waals surface area contributed by atoms with E-state index in [9.17, 15) is 5.11 Å². The van der Waals surface area contributed by atoms with Crippen molar-refractivity contribution in [3.8, 4) is 11.5 Å². The third-order valence-corrected chi connectivity index (χ3v) is 4.90. The van der Waals surface area contributed by atoms with Gasteiger partial charge in [0, 0.05) is 12.0 Å². The molecule has 2 aromatic carbocycles. The van der Waals surface area contributed by atoms with E-state index in [2.05, 4.69) is 10.3 Å².